The van der Waals surface area contributed by atoms with Gasteiger partial charge in [0.25, 0.3) is 0 Å². The molecule has 1 N–H and O–H groups in total. The number of hydrogen-bond donors (Lipinski definition) is 1. The van der Waals surface area contributed by atoms with Gasteiger partial charge in [-0.25, -0.2) is 0 Å². The molecule has 2 atom stereocenters. The van der Waals surface area contributed by atoms with Crippen LogP contribution in [0, 0.1) is 0 Å². The van der Waals surface area contributed by atoms with Gasteiger partial charge in [0, 0.05) is 11.5 Å². The van der Waals surface area contributed by atoms with Crippen LogP contribution in [0.5, 0.6) is 5.75 Å². The number of rotatable bonds is 3. The summed E-state index contributed by atoms with van der Waals surface area (Å²) in [6.07, 6.45) is 1.05. The van der Waals surface area contributed by atoms with Crippen molar-refractivity contribution in [3.63, 3.8) is 0 Å². The Morgan fingerprint density at radius 2 is 1.86 bits per heavy atom. The quantitative estimate of drug-likeness (QED) is 0.793. The normalized spacial score (nSPS) is 20.4. The summed E-state index contributed by atoms with van der Waals surface area (Å²) in [7, 11) is 0. The van der Waals surface area contributed by atoms with Gasteiger partial charge in [-0.3, -0.25) is 0 Å². The highest BCUT2D eigenvalue weighted by Gasteiger charge is 2.43. The third kappa shape index (κ3) is 2.29. The fourth-order valence-corrected chi connectivity index (χ4v) is 2.68. The molecule has 4 rings (SSSR count). The highest BCUT2D eigenvalue weighted by Crippen LogP contribution is 2.54. The average molecular weight is 278 g/mol. The van der Waals surface area contributed by atoms with Crippen molar-refractivity contribution < 1.29 is 9.63 Å². The van der Waals surface area contributed by atoms with Gasteiger partial charge >= 0.3 is 0 Å². The summed E-state index contributed by atoms with van der Waals surface area (Å²) in [6, 6.07) is 17.3. The predicted octanol–water partition coefficient (Wildman–Crippen LogP) is 3.71. The van der Waals surface area contributed by atoms with E-state index >= 15 is 0 Å². The molecule has 1 heterocycles. The maximum absolute atomic E-state index is 9.51. The van der Waals surface area contributed by atoms with Gasteiger partial charge in [-0.1, -0.05) is 47.6 Å². The van der Waals surface area contributed by atoms with Crippen molar-refractivity contribution in [3.05, 3.63) is 66.1 Å². The SMILES string of the molecule is Oc1cccc(-c2noc(C3CC3c3ccccc3)n2)c1. The molecule has 2 aromatic carbocycles. The zero-order chi connectivity index (χ0) is 14.2. The molecule has 4 nitrogen and oxygen atoms in total. The van der Waals surface area contributed by atoms with Gasteiger partial charge in [0.15, 0.2) is 0 Å². The molecule has 1 aliphatic carbocycles. The second-order valence-corrected chi connectivity index (χ2v) is 5.37. The molecule has 0 aliphatic heterocycles. The zero-order valence-corrected chi connectivity index (χ0v) is 11.3. The molecule has 2 unspecified atom stereocenters. The van der Waals surface area contributed by atoms with Crippen LogP contribution in [0.4, 0.5) is 0 Å². The van der Waals surface area contributed by atoms with E-state index in [9.17, 15) is 5.11 Å². The molecule has 0 spiro atoms. The van der Waals surface area contributed by atoms with Crippen LogP contribution in [0.3, 0.4) is 0 Å². The second-order valence-electron chi connectivity index (χ2n) is 5.37. The highest BCUT2D eigenvalue weighted by atomic mass is 16.5. The first-order valence-electron chi connectivity index (χ1n) is 6.99. The van der Waals surface area contributed by atoms with Gasteiger partial charge in [0.05, 0.1) is 0 Å². The number of benzene rings is 2. The Morgan fingerprint density at radius 3 is 2.67 bits per heavy atom. The van der Waals surface area contributed by atoms with Crippen LogP contribution in [-0.4, -0.2) is 15.2 Å². The number of aromatic nitrogens is 2. The third-order valence-electron chi connectivity index (χ3n) is 3.88. The van der Waals surface area contributed by atoms with Crippen LogP contribution in [0.25, 0.3) is 11.4 Å². The zero-order valence-electron chi connectivity index (χ0n) is 11.3. The first-order valence-corrected chi connectivity index (χ1v) is 6.99. The monoisotopic (exact) mass is 278 g/mol. The Balaban J connectivity index is 1.57. The summed E-state index contributed by atoms with van der Waals surface area (Å²) in [4.78, 5) is 4.47. The van der Waals surface area contributed by atoms with E-state index in [0.717, 1.165) is 12.0 Å². The molecule has 0 saturated heterocycles. The summed E-state index contributed by atoms with van der Waals surface area (Å²) in [6.45, 7) is 0. The minimum Gasteiger partial charge on any atom is -0.508 e. The lowest BCUT2D eigenvalue weighted by atomic mass is 10.1. The maximum atomic E-state index is 9.51. The molecule has 1 aliphatic rings. The van der Waals surface area contributed by atoms with Crippen LogP contribution in [0.15, 0.2) is 59.1 Å². The van der Waals surface area contributed by atoms with Crippen LogP contribution >= 0.6 is 0 Å². The maximum Gasteiger partial charge on any atom is 0.230 e. The fraction of sp³-hybridized carbons (Fsp3) is 0.176. The van der Waals surface area contributed by atoms with E-state index in [1.807, 2.05) is 12.1 Å². The van der Waals surface area contributed by atoms with Crippen LogP contribution in [0.2, 0.25) is 0 Å². The number of hydrogen-bond acceptors (Lipinski definition) is 4. The van der Waals surface area contributed by atoms with Crippen LogP contribution in [0.1, 0.15) is 29.7 Å². The number of nitrogens with zero attached hydrogens (tertiary/aromatic N) is 2. The lowest BCUT2D eigenvalue weighted by Gasteiger charge is -1.96. The predicted molar refractivity (Wildman–Crippen MR) is 77.9 cm³/mol. The second kappa shape index (κ2) is 4.74. The van der Waals surface area contributed by atoms with E-state index in [-0.39, 0.29) is 5.75 Å². The minimum absolute atomic E-state index is 0.201. The molecule has 0 bridgehead atoms. The number of phenolic OH excluding ortho intramolecular Hbond substituents is 1. The van der Waals surface area contributed by atoms with Crippen molar-refractivity contribution in [1.82, 2.24) is 10.1 Å². The van der Waals surface area contributed by atoms with Gasteiger partial charge < -0.3 is 9.63 Å². The number of phenols is 1. The molecule has 0 amide bonds. The van der Waals surface area contributed by atoms with Crippen molar-refractivity contribution >= 4 is 0 Å². The first-order chi connectivity index (χ1) is 10.3. The molecule has 21 heavy (non-hydrogen) atoms. The smallest absolute Gasteiger partial charge is 0.230 e. The molecule has 1 saturated carbocycles. The lowest BCUT2D eigenvalue weighted by Crippen LogP contribution is -1.85. The Labute approximate surface area is 122 Å². The van der Waals surface area contributed by atoms with Crippen LogP contribution in [-0.2, 0) is 0 Å². The Bertz CT molecular complexity index is 767. The molecule has 104 valence electrons. The van der Waals surface area contributed by atoms with Gasteiger partial charge in [-0.15, -0.1) is 0 Å². The first kappa shape index (κ1) is 12.1. The minimum atomic E-state index is 0.201. The summed E-state index contributed by atoms with van der Waals surface area (Å²) in [5, 5.41) is 13.5. The topological polar surface area (TPSA) is 59.2 Å². The van der Waals surface area contributed by atoms with Gasteiger partial charge in [-0.2, -0.15) is 4.98 Å². The molecular formula is C17H14N2O2. The van der Waals surface area contributed by atoms with Crippen molar-refractivity contribution in [2.24, 2.45) is 0 Å². The highest BCUT2D eigenvalue weighted by molar-refractivity contribution is 5.56. The van der Waals surface area contributed by atoms with Gasteiger partial charge in [0.2, 0.25) is 11.7 Å². The molecule has 1 aromatic heterocycles. The lowest BCUT2D eigenvalue weighted by molar-refractivity contribution is 0.378. The summed E-state index contributed by atoms with van der Waals surface area (Å²) in [5.74, 6) is 2.20. The third-order valence-corrected chi connectivity index (χ3v) is 3.88. The van der Waals surface area contributed by atoms with Crippen molar-refractivity contribution in [2.75, 3.05) is 0 Å². The largest absolute Gasteiger partial charge is 0.508 e. The van der Waals surface area contributed by atoms with E-state index in [4.69, 9.17) is 4.52 Å². The number of aromatic hydroxyl groups is 1. The van der Waals surface area contributed by atoms with Crippen molar-refractivity contribution in [2.45, 2.75) is 18.3 Å². The fourth-order valence-electron chi connectivity index (χ4n) is 2.68. The van der Waals surface area contributed by atoms with E-state index < -0.39 is 0 Å². The molecule has 3 aromatic rings. The molecular weight excluding hydrogens is 264 g/mol. The summed E-state index contributed by atoms with van der Waals surface area (Å²) in [5.41, 5.74) is 2.08. The Morgan fingerprint density at radius 1 is 1.00 bits per heavy atom. The van der Waals surface area contributed by atoms with E-state index in [2.05, 4.69) is 34.4 Å². The Hall–Kier alpha value is -2.62. The van der Waals surface area contributed by atoms with Crippen molar-refractivity contribution in [1.29, 1.82) is 0 Å². The van der Waals surface area contributed by atoms with Crippen molar-refractivity contribution in [3.8, 4) is 17.1 Å². The molecule has 1 fully saturated rings. The van der Waals surface area contributed by atoms with Gasteiger partial charge in [0.1, 0.15) is 5.75 Å². The summed E-state index contributed by atoms with van der Waals surface area (Å²) >= 11 is 0. The van der Waals surface area contributed by atoms with Gasteiger partial charge in [-0.05, 0) is 30.0 Å². The average Bonchev–Trinajstić information content (AvgIpc) is 3.17. The molecule has 4 heteroatoms. The van der Waals surface area contributed by atoms with Crippen LogP contribution < -0.4 is 0 Å². The van der Waals surface area contributed by atoms with E-state index in [0.29, 0.717) is 23.6 Å². The van der Waals surface area contributed by atoms with E-state index in [1.54, 1.807) is 18.2 Å². The van der Waals surface area contributed by atoms with E-state index in [1.165, 1.54) is 5.56 Å². The Kier molecular flexibility index (Phi) is 2.74. The summed E-state index contributed by atoms with van der Waals surface area (Å²) < 4.78 is 5.39. The molecule has 0 radical (unpaired) electrons. The standard InChI is InChI=1S/C17H14N2O2/c20-13-8-4-7-12(9-13)16-18-17(21-19-16)15-10-14(15)11-5-2-1-3-6-11/h1-9,14-15,20H,10H2.